The summed E-state index contributed by atoms with van der Waals surface area (Å²) in [4.78, 5) is 30.6. The molecule has 9 heteroatoms. The van der Waals surface area contributed by atoms with E-state index in [1.165, 1.54) is 11.3 Å². The van der Waals surface area contributed by atoms with Gasteiger partial charge in [0, 0.05) is 17.4 Å². The van der Waals surface area contributed by atoms with Crippen LogP contribution < -0.4 is 5.06 Å². The van der Waals surface area contributed by atoms with Gasteiger partial charge in [-0.05, 0) is 13.0 Å². The molecule has 0 bridgehead atoms. The number of carbonyl (C=O) groups is 2. The van der Waals surface area contributed by atoms with Gasteiger partial charge in [0.1, 0.15) is 5.00 Å². The predicted molar refractivity (Wildman–Crippen MR) is 73.7 cm³/mol. The Morgan fingerprint density at radius 1 is 1.62 bits per heavy atom. The van der Waals surface area contributed by atoms with Crippen LogP contribution in [0.1, 0.15) is 19.2 Å². The molecule has 0 atom stereocenters. The summed E-state index contributed by atoms with van der Waals surface area (Å²) in [6.07, 6.45) is 0.687. The summed E-state index contributed by atoms with van der Waals surface area (Å²) in [7, 11) is 0. The minimum Gasteiger partial charge on any atom is -0.481 e. The second-order valence-electron chi connectivity index (χ2n) is 3.93. The molecular weight excluding hydrogens is 298 g/mol. The molecular formula is C12H13N3O5S. The van der Waals surface area contributed by atoms with Crippen LogP contribution in [0.4, 0.5) is 5.00 Å². The smallest absolute Gasteiger partial charge is 0.303 e. The van der Waals surface area contributed by atoms with Crippen LogP contribution in [0, 0.1) is 0 Å². The van der Waals surface area contributed by atoms with E-state index in [0.29, 0.717) is 29.4 Å². The van der Waals surface area contributed by atoms with Crippen molar-refractivity contribution in [2.75, 3.05) is 11.7 Å². The molecule has 8 nitrogen and oxygen atoms in total. The normalized spacial score (nSPS) is 10.5. The lowest BCUT2D eigenvalue weighted by molar-refractivity contribution is -0.137. The number of amides is 1. The maximum absolute atomic E-state index is 10.9. The molecule has 0 spiro atoms. The minimum atomic E-state index is -0.925. The van der Waals surface area contributed by atoms with E-state index in [4.69, 9.17) is 14.5 Å². The summed E-state index contributed by atoms with van der Waals surface area (Å²) in [5.41, 5.74) is 0.673. The second kappa shape index (κ2) is 6.95. The van der Waals surface area contributed by atoms with Crippen molar-refractivity contribution in [3.05, 3.63) is 17.3 Å². The molecule has 112 valence electrons. The number of rotatable bonds is 8. The number of hydroxylamine groups is 1. The maximum Gasteiger partial charge on any atom is 0.303 e. The van der Waals surface area contributed by atoms with E-state index >= 15 is 0 Å². The largest absolute Gasteiger partial charge is 0.481 e. The van der Waals surface area contributed by atoms with Gasteiger partial charge in [-0.2, -0.15) is 10.0 Å². The number of carbonyl (C=O) groups excluding carboxylic acids is 1. The molecule has 0 fully saturated rings. The highest BCUT2D eigenvalue weighted by Gasteiger charge is 2.14. The number of nitrogens with zero attached hydrogens (tertiary/aromatic N) is 3. The van der Waals surface area contributed by atoms with Crippen molar-refractivity contribution in [2.45, 2.75) is 19.8 Å². The van der Waals surface area contributed by atoms with Gasteiger partial charge in [0.05, 0.1) is 13.0 Å². The quantitative estimate of drug-likeness (QED) is 0.584. The molecule has 0 unspecified atom stereocenters. The summed E-state index contributed by atoms with van der Waals surface area (Å²) >= 11 is 1.30. The van der Waals surface area contributed by atoms with Crippen LogP contribution in [0.15, 0.2) is 16.0 Å². The summed E-state index contributed by atoms with van der Waals surface area (Å²) in [6, 6.07) is 1.69. The molecule has 0 aliphatic heterocycles. The molecule has 21 heavy (non-hydrogen) atoms. The Balaban J connectivity index is 2.10. The van der Waals surface area contributed by atoms with Crippen molar-refractivity contribution < 1.29 is 24.1 Å². The summed E-state index contributed by atoms with van der Waals surface area (Å²) in [5, 5.41) is 15.9. The van der Waals surface area contributed by atoms with E-state index in [0.717, 1.165) is 5.06 Å². The number of anilines is 1. The lowest BCUT2D eigenvalue weighted by Crippen LogP contribution is -2.19. The van der Waals surface area contributed by atoms with Gasteiger partial charge in [0.15, 0.2) is 0 Å². The van der Waals surface area contributed by atoms with Gasteiger partial charge in [-0.25, -0.2) is 0 Å². The molecule has 0 saturated heterocycles. The van der Waals surface area contributed by atoms with Gasteiger partial charge >= 0.3 is 5.97 Å². The average Bonchev–Trinajstić information content (AvgIpc) is 3.11. The molecule has 0 saturated carbocycles. The zero-order chi connectivity index (χ0) is 15.2. The van der Waals surface area contributed by atoms with Crippen molar-refractivity contribution in [2.24, 2.45) is 0 Å². The monoisotopic (exact) mass is 311 g/mol. The fraction of sp³-hybridized carbons (Fsp3) is 0.333. The lowest BCUT2D eigenvalue weighted by Gasteiger charge is -2.12. The van der Waals surface area contributed by atoms with Gasteiger partial charge in [0.25, 0.3) is 0 Å². The van der Waals surface area contributed by atoms with Crippen molar-refractivity contribution >= 4 is 28.7 Å². The van der Waals surface area contributed by atoms with Crippen molar-refractivity contribution in [3.63, 3.8) is 0 Å². The van der Waals surface area contributed by atoms with Gasteiger partial charge in [-0.1, -0.05) is 5.16 Å². The Bertz CT molecular complexity index is 624. The van der Waals surface area contributed by atoms with Crippen LogP contribution >= 0.6 is 11.3 Å². The van der Waals surface area contributed by atoms with Gasteiger partial charge in [-0.3, -0.25) is 14.4 Å². The number of aromatic nitrogens is 2. The standard InChI is InChI=1S/C12H13N3O5S/c1-2-19-15(7-16)10-5-8(6-21-10)12-13-9(20-14-12)3-4-11(17)18/h5-7H,2-4H2,1H3,(H,17,18). The van der Waals surface area contributed by atoms with Gasteiger partial charge in [0.2, 0.25) is 18.1 Å². The molecule has 0 aliphatic rings. The van der Waals surface area contributed by atoms with E-state index in [-0.39, 0.29) is 18.7 Å². The average molecular weight is 311 g/mol. The second-order valence-corrected chi connectivity index (χ2v) is 4.82. The maximum atomic E-state index is 10.9. The van der Waals surface area contributed by atoms with E-state index in [1.807, 2.05) is 0 Å². The van der Waals surface area contributed by atoms with Crippen molar-refractivity contribution in [3.8, 4) is 11.4 Å². The molecule has 0 aliphatic carbocycles. The van der Waals surface area contributed by atoms with E-state index in [2.05, 4.69) is 10.1 Å². The highest BCUT2D eigenvalue weighted by molar-refractivity contribution is 7.14. The Morgan fingerprint density at radius 3 is 3.10 bits per heavy atom. The van der Waals surface area contributed by atoms with Gasteiger partial charge in [-0.15, -0.1) is 11.3 Å². The molecule has 2 rings (SSSR count). The fourth-order valence-electron chi connectivity index (χ4n) is 1.53. The van der Waals surface area contributed by atoms with Crippen molar-refractivity contribution in [1.82, 2.24) is 10.1 Å². The highest BCUT2D eigenvalue weighted by Crippen LogP contribution is 2.29. The fourth-order valence-corrected chi connectivity index (χ4v) is 2.35. The lowest BCUT2D eigenvalue weighted by atomic mass is 10.3. The topological polar surface area (TPSA) is 106 Å². The van der Waals surface area contributed by atoms with E-state index in [1.54, 1.807) is 18.4 Å². The Hall–Kier alpha value is -2.26. The first-order valence-corrected chi connectivity index (χ1v) is 7.02. The number of thiophene rings is 1. The molecule has 2 heterocycles. The zero-order valence-corrected chi connectivity index (χ0v) is 12.0. The van der Waals surface area contributed by atoms with Crippen LogP contribution in [0.25, 0.3) is 11.4 Å². The molecule has 2 aromatic heterocycles. The highest BCUT2D eigenvalue weighted by atomic mass is 32.1. The van der Waals surface area contributed by atoms with Crippen LogP contribution in [-0.2, 0) is 20.8 Å². The molecule has 1 N–H and O–H groups in total. The summed E-state index contributed by atoms with van der Waals surface area (Å²) < 4.78 is 4.98. The summed E-state index contributed by atoms with van der Waals surface area (Å²) in [6.45, 7) is 2.15. The van der Waals surface area contributed by atoms with Crippen LogP contribution in [-0.4, -0.2) is 34.2 Å². The van der Waals surface area contributed by atoms with Crippen LogP contribution in [0.5, 0.6) is 0 Å². The molecule has 1 amide bonds. The van der Waals surface area contributed by atoms with E-state index < -0.39 is 5.97 Å². The first kappa shape index (κ1) is 15.1. The third-order valence-corrected chi connectivity index (χ3v) is 3.36. The van der Waals surface area contributed by atoms with Crippen LogP contribution in [0.2, 0.25) is 0 Å². The van der Waals surface area contributed by atoms with Gasteiger partial charge < -0.3 is 9.63 Å². The number of carboxylic acid groups (broad SMARTS) is 1. The third-order valence-electron chi connectivity index (χ3n) is 2.45. The third kappa shape index (κ3) is 3.86. The zero-order valence-electron chi connectivity index (χ0n) is 11.2. The Morgan fingerprint density at radius 2 is 2.43 bits per heavy atom. The number of aliphatic carboxylic acids is 1. The molecule has 0 aromatic carbocycles. The number of aryl methyl sites for hydroxylation is 1. The first-order chi connectivity index (χ1) is 10.1. The van der Waals surface area contributed by atoms with Crippen LogP contribution in [0.3, 0.4) is 0 Å². The number of hydrogen-bond donors (Lipinski definition) is 1. The number of hydrogen-bond acceptors (Lipinski definition) is 7. The Labute approximate surface area is 123 Å². The summed E-state index contributed by atoms with van der Waals surface area (Å²) in [5.74, 6) is -0.316. The minimum absolute atomic E-state index is 0.0697. The molecule has 2 aromatic rings. The first-order valence-electron chi connectivity index (χ1n) is 6.14. The number of carboxylic acids is 1. The Kier molecular flexibility index (Phi) is 5.01. The van der Waals surface area contributed by atoms with E-state index in [9.17, 15) is 9.59 Å². The van der Waals surface area contributed by atoms with Crippen molar-refractivity contribution in [1.29, 1.82) is 0 Å². The predicted octanol–water partition coefficient (Wildman–Crippen LogP) is 1.73. The molecule has 0 radical (unpaired) electrons. The SMILES string of the molecule is CCON(C=O)c1cc(-c2noc(CCC(=O)O)n2)cs1.